The maximum absolute atomic E-state index is 6.41. The van der Waals surface area contributed by atoms with Gasteiger partial charge in [0.15, 0.2) is 0 Å². The summed E-state index contributed by atoms with van der Waals surface area (Å²) in [6.45, 7) is 7.15. The summed E-state index contributed by atoms with van der Waals surface area (Å²) in [4.78, 5) is 0. The van der Waals surface area contributed by atoms with Gasteiger partial charge in [0.1, 0.15) is 0 Å². The molecule has 19 heavy (non-hydrogen) atoms. The van der Waals surface area contributed by atoms with Crippen molar-refractivity contribution < 1.29 is 0 Å². The minimum Gasteiger partial charge on any atom is -0.319 e. The molecular formula is C16H23N3. The first-order valence-electron chi connectivity index (χ1n) is 7.04. The topological polar surface area (TPSA) is 43.8 Å². The molecule has 1 aromatic heterocycles. The molecule has 0 bridgehead atoms. The molecule has 0 aliphatic carbocycles. The van der Waals surface area contributed by atoms with Gasteiger partial charge in [0.25, 0.3) is 0 Å². The van der Waals surface area contributed by atoms with Crippen LogP contribution in [-0.2, 0) is 13.0 Å². The summed E-state index contributed by atoms with van der Waals surface area (Å²) in [5.41, 5.74) is 11.0. The van der Waals surface area contributed by atoms with E-state index in [1.54, 1.807) is 0 Å². The average Bonchev–Trinajstić information content (AvgIpc) is 2.80. The molecule has 1 heterocycles. The fourth-order valence-corrected chi connectivity index (χ4v) is 2.47. The first kappa shape index (κ1) is 13.8. The summed E-state index contributed by atoms with van der Waals surface area (Å²) in [6.07, 6.45) is 2.26. The Balaban J connectivity index is 2.32. The molecule has 2 N–H and O–H groups in total. The van der Waals surface area contributed by atoms with Crippen molar-refractivity contribution in [1.82, 2.24) is 9.78 Å². The van der Waals surface area contributed by atoms with Crippen molar-refractivity contribution in [3.8, 4) is 0 Å². The largest absolute Gasteiger partial charge is 0.319 e. The van der Waals surface area contributed by atoms with Gasteiger partial charge in [0.2, 0.25) is 0 Å². The summed E-state index contributed by atoms with van der Waals surface area (Å²) in [5, 5.41) is 4.47. The van der Waals surface area contributed by atoms with E-state index in [0.717, 1.165) is 30.8 Å². The number of aryl methyl sites for hydroxylation is 3. The van der Waals surface area contributed by atoms with E-state index < -0.39 is 0 Å². The zero-order chi connectivity index (χ0) is 13.8. The Labute approximate surface area is 115 Å². The number of benzene rings is 1. The van der Waals surface area contributed by atoms with Gasteiger partial charge in [0, 0.05) is 6.54 Å². The Kier molecular flexibility index (Phi) is 4.38. The highest BCUT2D eigenvalue weighted by molar-refractivity contribution is 5.32. The van der Waals surface area contributed by atoms with Gasteiger partial charge < -0.3 is 5.73 Å². The number of hydrogen-bond donors (Lipinski definition) is 1. The predicted octanol–water partition coefficient (Wildman–Crippen LogP) is 3.21. The molecule has 102 valence electrons. The van der Waals surface area contributed by atoms with E-state index in [1.165, 1.54) is 11.1 Å². The van der Waals surface area contributed by atoms with E-state index in [0.29, 0.717) is 0 Å². The summed E-state index contributed by atoms with van der Waals surface area (Å²) in [7, 11) is 0. The minimum absolute atomic E-state index is 0.0991. The smallest absolute Gasteiger partial charge is 0.0723 e. The second kappa shape index (κ2) is 6.02. The highest BCUT2D eigenvalue weighted by Gasteiger charge is 2.15. The molecule has 0 amide bonds. The summed E-state index contributed by atoms with van der Waals surface area (Å²) >= 11 is 0. The lowest BCUT2D eigenvalue weighted by Crippen LogP contribution is -2.17. The van der Waals surface area contributed by atoms with Crippen LogP contribution in [0.2, 0.25) is 0 Å². The van der Waals surface area contributed by atoms with Gasteiger partial charge in [-0.3, -0.25) is 4.68 Å². The van der Waals surface area contributed by atoms with E-state index in [2.05, 4.69) is 49.3 Å². The summed E-state index contributed by atoms with van der Waals surface area (Å²) in [6, 6.07) is 10.6. The first-order valence-corrected chi connectivity index (χ1v) is 7.04. The lowest BCUT2D eigenvalue weighted by Gasteiger charge is -2.14. The Hall–Kier alpha value is -1.61. The Bertz CT molecular complexity index is 543. The van der Waals surface area contributed by atoms with E-state index in [9.17, 15) is 0 Å². The molecule has 3 heteroatoms. The molecule has 3 nitrogen and oxygen atoms in total. The maximum Gasteiger partial charge on any atom is 0.0723 e. The van der Waals surface area contributed by atoms with E-state index >= 15 is 0 Å². The van der Waals surface area contributed by atoms with Crippen molar-refractivity contribution in [1.29, 1.82) is 0 Å². The minimum atomic E-state index is -0.0991. The van der Waals surface area contributed by atoms with Crippen LogP contribution < -0.4 is 5.73 Å². The zero-order valence-electron chi connectivity index (χ0n) is 12.1. The van der Waals surface area contributed by atoms with Gasteiger partial charge in [0.05, 0.1) is 17.4 Å². The lowest BCUT2D eigenvalue weighted by molar-refractivity contribution is 0.597. The summed E-state index contributed by atoms with van der Waals surface area (Å²) < 4.78 is 1.99. The number of aromatic nitrogens is 2. The van der Waals surface area contributed by atoms with E-state index in [-0.39, 0.29) is 6.04 Å². The molecule has 0 aliphatic heterocycles. The van der Waals surface area contributed by atoms with Crippen LogP contribution in [0.15, 0.2) is 30.3 Å². The molecular weight excluding hydrogens is 234 g/mol. The molecule has 0 aliphatic rings. The predicted molar refractivity (Wildman–Crippen MR) is 79.1 cm³/mol. The second-order valence-corrected chi connectivity index (χ2v) is 5.00. The van der Waals surface area contributed by atoms with Crippen LogP contribution in [0.1, 0.15) is 48.8 Å². The third kappa shape index (κ3) is 3.04. The third-order valence-corrected chi connectivity index (χ3v) is 3.40. The molecule has 1 unspecified atom stereocenters. The average molecular weight is 257 g/mol. The highest BCUT2D eigenvalue weighted by Crippen LogP contribution is 2.21. The van der Waals surface area contributed by atoms with Gasteiger partial charge in [-0.15, -0.1) is 0 Å². The second-order valence-electron chi connectivity index (χ2n) is 5.00. The number of nitrogens with two attached hydrogens (primary N) is 1. The van der Waals surface area contributed by atoms with Gasteiger partial charge in [-0.25, -0.2) is 0 Å². The van der Waals surface area contributed by atoms with Crippen LogP contribution in [-0.4, -0.2) is 9.78 Å². The van der Waals surface area contributed by atoms with Crippen molar-refractivity contribution in [2.75, 3.05) is 0 Å². The molecule has 2 rings (SSSR count). The van der Waals surface area contributed by atoms with Crippen LogP contribution in [0, 0.1) is 6.92 Å². The van der Waals surface area contributed by atoms with Gasteiger partial charge in [-0.1, -0.05) is 37.6 Å². The summed E-state index contributed by atoms with van der Waals surface area (Å²) in [5.74, 6) is 0. The van der Waals surface area contributed by atoms with Crippen molar-refractivity contribution in [2.45, 2.75) is 46.2 Å². The first-order chi connectivity index (χ1) is 9.15. The van der Waals surface area contributed by atoms with Gasteiger partial charge in [-0.05, 0) is 37.5 Å². The highest BCUT2D eigenvalue weighted by atomic mass is 15.3. The molecule has 1 atom stereocenters. The van der Waals surface area contributed by atoms with E-state index in [1.807, 2.05) is 11.6 Å². The normalized spacial score (nSPS) is 12.6. The van der Waals surface area contributed by atoms with Gasteiger partial charge >= 0.3 is 0 Å². The SMILES string of the molecule is CCCc1cccc(C(N)c2cc(C)nn2CC)c1. The Morgan fingerprint density at radius 2 is 2.05 bits per heavy atom. The quantitative estimate of drug-likeness (QED) is 0.893. The standard InChI is InChI=1S/C16H23N3/c1-4-7-13-8-6-9-14(11-13)16(17)15-10-12(3)18-19(15)5-2/h6,8-11,16H,4-5,7,17H2,1-3H3. The van der Waals surface area contributed by atoms with Crippen LogP contribution >= 0.6 is 0 Å². The van der Waals surface area contributed by atoms with Crippen molar-refractivity contribution in [3.05, 3.63) is 52.8 Å². The Morgan fingerprint density at radius 3 is 2.74 bits per heavy atom. The lowest BCUT2D eigenvalue weighted by atomic mass is 10.00. The monoisotopic (exact) mass is 257 g/mol. The zero-order valence-corrected chi connectivity index (χ0v) is 12.1. The molecule has 0 spiro atoms. The van der Waals surface area contributed by atoms with Crippen LogP contribution in [0.25, 0.3) is 0 Å². The fourth-order valence-electron chi connectivity index (χ4n) is 2.47. The van der Waals surface area contributed by atoms with Crippen molar-refractivity contribution in [3.63, 3.8) is 0 Å². The molecule has 0 radical (unpaired) electrons. The van der Waals surface area contributed by atoms with Crippen LogP contribution in [0.4, 0.5) is 0 Å². The van der Waals surface area contributed by atoms with Crippen LogP contribution in [0.5, 0.6) is 0 Å². The number of hydrogen-bond acceptors (Lipinski definition) is 2. The van der Waals surface area contributed by atoms with Gasteiger partial charge in [-0.2, -0.15) is 5.10 Å². The maximum atomic E-state index is 6.41. The van der Waals surface area contributed by atoms with Crippen molar-refractivity contribution in [2.24, 2.45) is 5.73 Å². The molecule has 2 aromatic rings. The molecule has 1 aromatic carbocycles. The van der Waals surface area contributed by atoms with Crippen molar-refractivity contribution >= 4 is 0 Å². The fraction of sp³-hybridized carbons (Fsp3) is 0.438. The number of nitrogens with zero attached hydrogens (tertiary/aromatic N) is 2. The molecule has 0 saturated carbocycles. The van der Waals surface area contributed by atoms with Crippen LogP contribution in [0.3, 0.4) is 0 Å². The number of rotatable bonds is 5. The Morgan fingerprint density at radius 1 is 1.26 bits per heavy atom. The van der Waals surface area contributed by atoms with E-state index in [4.69, 9.17) is 5.73 Å². The molecule has 0 fully saturated rings. The third-order valence-electron chi connectivity index (χ3n) is 3.40. The molecule has 0 saturated heterocycles.